The van der Waals surface area contributed by atoms with Gasteiger partial charge in [0.1, 0.15) is 0 Å². The molecule has 1 aliphatic heterocycles. The molecule has 1 atom stereocenters. The van der Waals surface area contributed by atoms with Crippen LogP contribution in [0.25, 0.3) is 0 Å². The minimum Gasteiger partial charge on any atom is -0.481 e. The molecule has 1 aromatic rings. The van der Waals surface area contributed by atoms with E-state index >= 15 is 0 Å². The van der Waals surface area contributed by atoms with E-state index in [1.807, 2.05) is 30.3 Å². The summed E-state index contributed by atoms with van der Waals surface area (Å²) in [5.41, 5.74) is 1.02. The van der Waals surface area contributed by atoms with E-state index in [9.17, 15) is 9.59 Å². The number of aliphatic carboxylic acids is 1. The van der Waals surface area contributed by atoms with Gasteiger partial charge in [-0.25, -0.2) is 0 Å². The molecule has 1 fully saturated rings. The topological polar surface area (TPSA) is 66.8 Å². The highest BCUT2D eigenvalue weighted by Gasteiger charge is 2.22. The van der Waals surface area contributed by atoms with Crippen molar-refractivity contribution in [2.45, 2.75) is 39.2 Å². The highest BCUT2D eigenvalue weighted by Crippen LogP contribution is 2.21. The maximum absolute atomic E-state index is 12.7. The molecular formula is C19H27NO4. The molecule has 0 aromatic heterocycles. The van der Waals surface area contributed by atoms with Crippen molar-refractivity contribution >= 4 is 11.9 Å². The quantitative estimate of drug-likeness (QED) is 0.794. The molecule has 2 rings (SSSR count). The van der Waals surface area contributed by atoms with Gasteiger partial charge in [-0.1, -0.05) is 37.3 Å². The van der Waals surface area contributed by atoms with E-state index in [-0.39, 0.29) is 12.5 Å². The Morgan fingerprint density at radius 3 is 2.54 bits per heavy atom. The van der Waals surface area contributed by atoms with Crippen LogP contribution in [0.15, 0.2) is 30.3 Å². The van der Waals surface area contributed by atoms with Crippen LogP contribution in [0.2, 0.25) is 0 Å². The van der Waals surface area contributed by atoms with Gasteiger partial charge in [0, 0.05) is 32.7 Å². The monoisotopic (exact) mass is 333 g/mol. The number of ether oxygens (including phenoxy) is 1. The second-order valence-corrected chi connectivity index (χ2v) is 6.59. The zero-order chi connectivity index (χ0) is 17.4. The van der Waals surface area contributed by atoms with Crippen LogP contribution in [-0.2, 0) is 20.9 Å². The van der Waals surface area contributed by atoms with Crippen LogP contribution in [0.4, 0.5) is 0 Å². The number of benzene rings is 1. The number of hydrogen-bond acceptors (Lipinski definition) is 3. The van der Waals surface area contributed by atoms with Gasteiger partial charge in [0.15, 0.2) is 0 Å². The summed E-state index contributed by atoms with van der Waals surface area (Å²) in [6, 6.07) is 9.72. The average Bonchev–Trinajstić information content (AvgIpc) is 2.60. The number of carbonyl (C=O) groups excluding carboxylic acids is 1. The molecule has 0 radical (unpaired) electrons. The van der Waals surface area contributed by atoms with Crippen molar-refractivity contribution in [3.8, 4) is 0 Å². The molecule has 0 unspecified atom stereocenters. The standard InChI is InChI=1S/C19H27NO4/c1-15(19(22)23)13-20(14-17-5-3-2-4-6-17)18(21)8-7-16-9-11-24-12-10-16/h2-6,15-16H,7-14H2,1H3,(H,22,23)/t15-/m1/s1. The lowest BCUT2D eigenvalue weighted by Gasteiger charge is -2.27. The van der Waals surface area contributed by atoms with Crippen molar-refractivity contribution < 1.29 is 19.4 Å². The third-order valence-electron chi connectivity index (χ3n) is 4.59. The van der Waals surface area contributed by atoms with Crippen LogP contribution in [0.5, 0.6) is 0 Å². The predicted octanol–water partition coefficient (Wildman–Crippen LogP) is 2.94. The molecule has 5 nitrogen and oxygen atoms in total. The fraction of sp³-hybridized carbons (Fsp3) is 0.579. The summed E-state index contributed by atoms with van der Waals surface area (Å²) in [6.07, 6.45) is 3.35. The van der Waals surface area contributed by atoms with E-state index in [0.29, 0.717) is 18.9 Å². The van der Waals surface area contributed by atoms with Crippen molar-refractivity contribution in [1.29, 1.82) is 0 Å². The summed E-state index contributed by atoms with van der Waals surface area (Å²) in [4.78, 5) is 25.5. The zero-order valence-electron chi connectivity index (χ0n) is 14.3. The summed E-state index contributed by atoms with van der Waals surface area (Å²) in [5.74, 6) is -0.859. The highest BCUT2D eigenvalue weighted by atomic mass is 16.5. The van der Waals surface area contributed by atoms with Gasteiger partial charge in [0.2, 0.25) is 5.91 Å². The maximum atomic E-state index is 12.7. The summed E-state index contributed by atoms with van der Waals surface area (Å²) in [6.45, 7) is 3.92. The first-order valence-electron chi connectivity index (χ1n) is 8.68. The van der Waals surface area contributed by atoms with Crippen molar-refractivity contribution in [1.82, 2.24) is 4.90 Å². The van der Waals surface area contributed by atoms with E-state index in [1.165, 1.54) is 0 Å². The van der Waals surface area contributed by atoms with E-state index in [4.69, 9.17) is 9.84 Å². The number of hydrogen-bond donors (Lipinski definition) is 1. The summed E-state index contributed by atoms with van der Waals surface area (Å²) in [7, 11) is 0. The first-order valence-corrected chi connectivity index (χ1v) is 8.68. The Labute approximate surface area is 143 Å². The molecule has 1 heterocycles. The van der Waals surface area contributed by atoms with Crippen molar-refractivity contribution in [3.05, 3.63) is 35.9 Å². The lowest BCUT2D eigenvalue weighted by Crippen LogP contribution is -2.36. The Bertz CT molecular complexity index is 525. The normalized spacial score (nSPS) is 16.5. The fourth-order valence-electron chi connectivity index (χ4n) is 2.99. The Kier molecular flexibility index (Phi) is 7.25. The molecule has 24 heavy (non-hydrogen) atoms. The van der Waals surface area contributed by atoms with Gasteiger partial charge < -0.3 is 14.7 Å². The molecular weight excluding hydrogens is 306 g/mol. The number of rotatable bonds is 8. The molecule has 1 aromatic carbocycles. The van der Waals surface area contributed by atoms with E-state index in [2.05, 4.69) is 0 Å². The third-order valence-corrected chi connectivity index (χ3v) is 4.59. The Morgan fingerprint density at radius 2 is 1.92 bits per heavy atom. The minimum atomic E-state index is -0.870. The molecule has 0 saturated carbocycles. The van der Waals surface area contributed by atoms with E-state index in [0.717, 1.165) is 38.0 Å². The van der Waals surface area contributed by atoms with Crippen LogP contribution in [0.3, 0.4) is 0 Å². The molecule has 1 aliphatic rings. The number of carboxylic acid groups (broad SMARTS) is 1. The number of amides is 1. The molecule has 1 N–H and O–H groups in total. The summed E-state index contributed by atoms with van der Waals surface area (Å²) in [5, 5.41) is 9.16. The average molecular weight is 333 g/mol. The molecule has 0 spiro atoms. The summed E-state index contributed by atoms with van der Waals surface area (Å²) < 4.78 is 5.35. The smallest absolute Gasteiger partial charge is 0.308 e. The number of nitrogens with zero attached hydrogens (tertiary/aromatic N) is 1. The lowest BCUT2D eigenvalue weighted by molar-refractivity contribution is -0.143. The van der Waals surface area contributed by atoms with Crippen molar-refractivity contribution in [3.63, 3.8) is 0 Å². The highest BCUT2D eigenvalue weighted by molar-refractivity contribution is 5.77. The molecule has 5 heteroatoms. The van der Waals surface area contributed by atoms with Crippen LogP contribution in [0.1, 0.15) is 38.2 Å². The molecule has 1 saturated heterocycles. The SMILES string of the molecule is C[C@H](CN(Cc1ccccc1)C(=O)CCC1CCOCC1)C(=O)O. The van der Waals surface area contributed by atoms with Gasteiger partial charge in [0.25, 0.3) is 0 Å². The van der Waals surface area contributed by atoms with E-state index in [1.54, 1.807) is 11.8 Å². The van der Waals surface area contributed by atoms with Gasteiger partial charge in [-0.05, 0) is 30.7 Å². The Hall–Kier alpha value is -1.88. The maximum Gasteiger partial charge on any atom is 0.308 e. The molecule has 0 aliphatic carbocycles. The Balaban J connectivity index is 1.94. The van der Waals surface area contributed by atoms with Crippen LogP contribution < -0.4 is 0 Å². The zero-order valence-corrected chi connectivity index (χ0v) is 14.3. The second-order valence-electron chi connectivity index (χ2n) is 6.59. The van der Waals surface area contributed by atoms with Crippen molar-refractivity contribution in [2.75, 3.05) is 19.8 Å². The minimum absolute atomic E-state index is 0.0402. The fourth-order valence-corrected chi connectivity index (χ4v) is 2.99. The van der Waals surface area contributed by atoms with Gasteiger partial charge >= 0.3 is 5.97 Å². The second kappa shape index (κ2) is 9.42. The van der Waals surface area contributed by atoms with Crippen LogP contribution in [0, 0.1) is 11.8 Å². The molecule has 132 valence electrons. The molecule has 1 amide bonds. The summed E-state index contributed by atoms with van der Waals surface area (Å²) >= 11 is 0. The van der Waals surface area contributed by atoms with Crippen LogP contribution in [-0.4, -0.2) is 41.6 Å². The van der Waals surface area contributed by atoms with E-state index < -0.39 is 11.9 Å². The van der Waals surface area contributed by atoms with Crippen LogP contribution >= 0.6 is 0 Å². The van der Waals surface area contributed by atoms with Gasteiger partial charge in [0.05, 0.1) is 5.92 Å². The van der Waals surface area contributed by atoms with Gasteiger partial charge in [-0.3, -0.25) is 9.59 Å². The van der Waals surface area contributed by atoms with Gasteiger partial charge in [-0.2, -0.15) is 0 Å². The van der Waals surface area contributed by atoms with Gasteiger partial charge in [-0.15, -0.1) is 0 Å². The number of carboxylic acids is 1. The first kappa shape index (κ1) is 18.5. The largest absolute Gasteiger partial charge is 0.481 e. The predicted molar refractivity (Wildman–Crippen MR) is 91.4 cm³/mol. The number of carbonyl (C=O) groups is 2. The van der Waals surface area contributed by atoms with Crippen molar-refractivity contribution in [2.24, 2.45) is 11.8 Å². The lowest BCUT2D eigenvalue weighted by atomic mass is 9.94. The first-order chi connectivity index (χ1) is 11.6. The molecule has 0 bridgehead atoms. The Morgan fingerprint density at radius 1 is 1.25 bits per heavy atom. The third kappa shape index (κ3) is 5.96.